The van der Waals surface area contributed by atoms with Crippen LogP contribution in [0, 0.1) is 0 Å². The van der Waals surface area contributed by atoms with Crippen LogP contribution in [-0.2, 0) is 13.5 Å². The van der Waals surface area contributed by atoms with Gasteiger partial charge in [-0.15, -0.1) is 0 Å². The fourth-order valence-electron chi connectivity index (χ4n) is 3.35. The SMILES string of the molecule is Cn1ccc2cc(NC(=O)Nc3cncc(C(=O)NCCc4ccccc4)c3)ccc21. The molecule has 4 aromatic rings. The van der Waals surface area contributed by atoms with Gasteiger partial charge in [0.2, 0.25) is 0 Å². The number of aromatic nitrogens is 2. The van der Waals surface area contributed by atoms with Crippen molar-refractivity contribution in [1.29, 1.82) is 0 Å². The molecule has 156 valence electrons. The van der Waals surface area contributed by atoms with Gasteiger partial charge in [0.1, 0.15) is 0 Å². The summed E-state index contributed by atoms with van der Waals surface area (Å²) in [6.07, 6.45) is 5.69. The van der Waals surface area contributed by atoms with E-state index in [0.29, 0.717) is 23.5 Å². The summed E-state index contributed by atoms with van der Waals surface area (Å²) in [7, 11) is 1.97. The van der Waals surface area contributed by atoms with Crippen molar-refractivity contribution in [2.75, 3.05) is 17.2 Å². The molecule has 0 unspecified atom stereocenters. The van der Waals surface area contributed by atoms with E-state index in [9.17, 15) is 9.59 Å². The molecule has 3 N–H and O–H groups in total. The van der Waals surface area contributed by atoms with Crippen LogP contribution in [0.4, 0.5) is 16.2 Å². The minimum Gasteiger partial charge on any atom is -0.352 e. The molecule has 3 amide bonds. The van der Waals surface area contributed by atoms with Crippen LogP contribution in [0.25, 0.3) is 10.9 Å². The number of fused-ring (bicyclic) bond motifs is 1. The maximum absolute atomic E-state index is 12.4. The van der Waals surface area contributed by atoms with E-state index in [2.05, 4.69) is 20.9 Å². The first-order chi connectivity index (χ1) is 15.1. The van der Waals surface area contributed by atoms with Gasteiger partial charge < -0.3 is 20.5 Å². The normalized spacial score (nSPS) is 10.6. The summed E-state index contributed by atoms with van der Waals surface area (Å²) in [6, 6.07) is 18.8. The van der Waals surface area contributed by atoms with Crippen LogP contribution in [0.5, 0.6) is 0 Å². The Morgan fingerprint density at radius 1 is 0.935 bits per heavy atom. The molecule has 0 spiro atoms. The van der Waals surface area contributed by atoms with Crippen molar-refractivity contribution in [3.8, 4) is 0 Å². The number of nitrogens with zero attached hydrogens (tertiary/aromatic N) is 2. The maximum Gasteiger partial charge on any atom is 0.323 e. The average Bonchev–Trinajstić information content (AvgIpc) is 3.14. The van der Waals surface area contributed by atoms with Crippen molar-refractivity contribution in [2.24, 2.45) is 7.05 Å². The average molecular weight is 413 g/mol. The molecule has 31 heavy (non-hydrogen) atoms. The molecule has 0 aliphatic carbocycles. The van der Waals surface area contributed by atoms with E-state index < -0.39 is 6.03 Å². The fourth-order valence-corrected chi connectivity index (χ4v) is 3.35. The summed E-state index contributed by atoms with van der Waals surface area (Å²) >= 11 is 0. The van der Waals surface area contributed by atoms with Gasteiger partial charge in [0.25, 0.3) is 5.91 Å². The molecule has 7 nitrogen and oxygen atoms in total. The largest absolute Gasteiger partial charge is 0.352 e. The topological polar surface area (TPSA) is 88.1 Å². The first kappa shape index (κ1) is 20.2. The molecule has 0 aliphatic rings. The summed E-state index contributed by atoms with van der Waals surface area (Å²) in [5.41, 5.74) is 3.74. The lowest BCUT2D eigenvalue weighted by atomic mass is 10.1. The molecule has 4 rings (SSSR count). The van der Waals surface area contributed by atoms with Crippen LogP contribution in [0.1, 0.15) is 15.9 Å². The Kier molecular flexibility index (Phi) is 5.93. The minimum absolute atomic E-state index is 0.234. The van der Waals surface area contributed by atoms with Crippen LogP contribution in [-0.4, -0.2) is 28.0 Å². The minimum atomic E-state index is -0.404. The molecular weight excluding hydrogens is 390 g/mol. The molecule has 7 heteroatoms. The van der Waals surface area contributed by atoms with Crippen molar-refractivity contribution in [2.45, 2.75) is 6.42 Å². The Labute approximate surface area is 180 Å². The highest BCUT2D eigenvalue weighted by atomic mass is 16.2. The lowest BCUT2D eigenvalue weighted by Gasteiger charge is -2.09. The fraction of sp³-hybridized carbons (Fsp3) is 0.125. The number of urea groups is 1. The molecule has 0 saturated carbocycles. The standard InChI is InChI=1S/C24H23N5O2/c1-29-12-10-18-13-20(7-8-22(18)29)27-24(31)28-21-14-19(15-25-16-21)23(30)26-11-9-17-5-3-2-4-6-17/h2-8,10,12-16H,9,11H2,1H3,(H,26,30)(H2,27,28,31). The zero-order chi connectivity index (χ0) is 21.6. The van der Waals surface area contributed by atoms with E-state index in [1.165, 1.54) is 12.4 Å². The lowest BCUT2D eigenvalue weighted by Crippen LogP contribution is -2.26. The van der Waals surface area contributed by atoms with Gasteiger partial charge in [-0.25, -0.2) is 4.79 Å². The molecule has 2 heterocycles. The van der Waals surface area contributed by atoms with E-state index in [1.54, 1.807) is 6.07 Å². The summed E-state index contributed by atoms with van der Waals surface area (Å²) in [4.78, 5) is 28.9. The molecule has 2 aromatic carbocycles. The lowest BCUT2D eigenvalue weighted by molar-refractivity contribution is 0.0953. The molecule has 2 aromatic heterocycles. The maximum atomic E-state index is 12.4. The van der Waals surface area contributed by atoms with E-state index in [1.807, 2.05) is 72.4 Å². The van der Waals surface area contributed by atoms with Gasteiger partial charge in [-0.3, -0.25) is 9.78 Å². The number of hydrogen-bond acceptors (Lipinski definition) is 3. The van der Waals surface area contributed by atoms with Crippen molar-refractivity contribution in [3.05, 3.63) is 90.4 Å². The number of nitrogens with one attached hydrogen (secondary N) is 3. The Hall–Kier alpha value is -4.13. The van der Waals surface area contributed by atoms with Gasteiger partial charge in [-0.05, 0) is 42.3 Å². The zero-order valence-corrected chi connectivity index (χ0v) is 17.1. The highest BCUT2D eigenvalue weighted by Crippen LogP contribution is 2.20. The zero-order valence-electron chi connectivity index (χ0n) is 17.1. The van der Waals surface area contributed by atoms with Gasteiger partial charge in [-0.1, -0.05) is 30.3 Å². The monoisotopic (exact) mass is 413 g/mol. The summed E-state index contributed by atoms with van der Waals surface area (Å²) in [5.74, 6) is -0.234. The van der Waals surface area contributed by atoms with E-state index >= 15 is 0 Å². The Morgan fingerprint density at radius 2 is 1.74 bits per heavy atom. The number of benzene rings is 2. The molecule has 0 atom stereocenters. The predicted molar refractivity (Wildman–Crippen MR) is 122 cm³/mol. The van der Waals surface area contributed by atoms with Gasteiger partial charge in [0.05, 0.1) is 17.4 Å². The van der Waals surface area contributed by atoms with Crippen LogP contribution >= 0.6 is 0 Å². The number of carbonyl (C=O) groups excluding carboxylic acids is 2. The van der Waals surface area contributed by atoms with Crippen molar-refractivity contribution in [3.63, 3.8) is 0 Å². The Balaban J connectivity index is 1.33. The number of aryl methyl sites for hydroxylation is 1. The van der Waals surface area contributed by atoms with Gasteiger partial charge in [0, 0.05) is 42.6 Å². The molecule has 0 bridgehead atoms. The summed E-state index contributed by atoms with van der Waals surface area (Å²) in [5, 5.41) is 9.44. The number of carbonyl (C=O) groups is 2. The van der Waals surface area contributed by atoms with Crippen LogP contribution in [0.15, 0.2) is 79.3 Å². The number of amides is 3. The third-order valence-corrected chi connectivity index (χ3v) is 4.94. The first-order valence-electron chi connectivity index (χ1n) is 9.99. The number of hydrogen-bond donors (Lipinski definition) is 3. The summed E-state index contributed by atoms with van der Waals surface area (Å²) < 4.78 is 2.02. The quantitative estimate of drug-likeness (QED) is 0.443. The van der Waals surface area contributed by atoms with Crippen molar-refractivity contribution >= 4 is 34.2 Å². The second-order valence-electron chi connectivity index (χ2n) is 7.23. The van der Waals surface area contributed by atoms with Crippen LogP contribution in [0.3, 0.4) is 0 Å². The second kappa shape index (κ2) is 9.13. The van der Waals surface area contributed by atoms with Crippen molar-refractivity contribution < 1.29 is 9.59 Å². The van der Waals surface area contributed by atoms with Crippen molar-refractivity contribution in [1.82, 2.24) is 14.9 Å². The van der Waals surface area contributed by atoms with Gasteiger partial charge in [0.15, 0.2) is 0 Å². The van der Waals surface area contributed by atoms with E-state index in [4.69, 9.17) is 0 Å². The molecule has 0 aliphatic heterocycles. The van der Waals surface area contributed by atoms with E-state index in [-0.39, 0.29) is 5.91 Å². The van der Waals surface area contributed by atoms with Crippen LogP contribution in [0.2, 0.25) is 0 Å². The number of anilines is 2. The van der Waals surface area contributed by atoms with Gasteiger partial charge >= 0.3 is 6.03 Å². The van der Waals surface area contributed by atoms with E-state index in [0.717, 1.165) is 22.9 Å². The Bertz CT molecular complexity index is 1220. The third-order valence-electron chi connectivity index (χ3n) is 4.94. The smallest absolute Gasteiger partial charge is 0.323 e. The molecular formula is C24H23N5O2. The molecule has 0 saturated heterocycles. The highest BCUT2D eigenvalue weighted by molar-refractivity contribution is 6.02. The second-order valence-corrected chi connectivity index (χ2v) is 7.23. The molecule has 0 radical (unpaired) electrons. The Morgan fingerprint density at radius 3 is 2.58 bits per heavy atom. The first-order valence-corrected chi connectivity index (χ1v) is 9.99. The number of pyridine rings is 1. The number of rotatable bonds is 6. The predicted octanol–water partition coefficient (Wildman–Crippen LogP) is 4.19. The highest BCUT2D eigenvalue weighted by Gasteiger charge is 2.09. The van der Waals surface area contributed by atoms with Gasteiger partial charge in [-0.2, -0.15) is 0 Å². The molecule has 0 fully saturated rings. The van der Waals surface area contributed by atoms with Crippen LogP contribution < -0.4 is 16.0 Å². The summed E-state index contributed by atoms with van der Waals surface area (Å²) in [6.45, 7) is 0.517. The third kappa shape index (κ3) is 5.08.